The molecule has 0 aliphatic heterocycles. The summed E-state index contributed by atoms with van der Waals surface area (Å²) in [6.07, 6.45) is 1.70. The summed E-state index contributed by atoms with van der Waals surface area (Å²) in [5.74, 6) is 0.258. The van der Waals surface area contributed by atoms with E-state index in [1.165, 1.54) is 18.4 Å². The first-order valence-electron chi connectivity index (χ1n) is 8.92. The third kappa shape index (κ3) is 4.17. The molecule has 2 aromatic rings. The Morgan fingerprint density at radius 1 is 1.11 bits per heavy atom. The number of thiophene rings is 1. The van der Waals surface area contributed by atoms with Crippen molar-refractivity contribution in [3.05, 3.63) is 45.8 Å². The zero-order chi connectivity index (χ0) is 20.3. The van der Waals surface area contributed by atoms with Crippen LogP contribution in [0.3, 0.4) is 0 Å². The van der Waals surface area contributed by atoms with E-state index < -0.39 is 12.0 Å². The fourth-order valence-electron chi connectivity index (χ4n) is 3.20. The maximum absolute atomic E-state index is 12.7. The quantitative estimate of drug-likeness (QED) is 0.815. The number of carbonyl (C=O) groups excluding carboxylic acids is 3. The second-order valence-corrected chi connectivity index (χ2v) is 7.79. The van der Waals surface area contributed by atoms with Crippen LogP contribution >= 0.6 is 11.3 Å². The van der Waals surface area contributed by atoms with Gasteiger partial charge in [-0.15, -0.1) is 11.3 Å². The second kappa shape index (κ2) is 8.43. The molecule has 8 heteroatoms. The molecule has 148 valence electrons. The van der Waals surface area contributed by atoms with E-state index in [-0.39, 0.29) is 5.91 Å². The first-order valence-corrected chi connectivity index (χ1v) is 9.73. The number of rotatable bonds is 4. The van der Waals surface area contributed by atoms with Crippen molar-refractivity contribution in [1.82, 2.24) is 5.32 Å². The average Bonchev–Trinajstić information content (AvgIpc) is 3.04. The van der Waals surface area contributed by atoms with Crippen LogP contribution in [0.1, 0.15) is 44.5 Å². The number of methoxy groups -OCH3 is 2. The van der Waals surface area contributed by atoms with Gasteiger partial charge >= 0.3 is 6.09 Å². The number of hydrogen-bond donors (Lipinski definition) is 2. The van der Waals surface area contributed by atoms with E-state index in [1.807, 2.05) is 0 Å². The molecule has 1 aromatic heterocycles. The molecule has 28 heavy (non-hydrogen) atoms. The van der Waals surface area contributed by atoms with Gasteiger partial charge in [-0.1, -0.05) is 6.92 Å². The largest absolute Gasteiger partial charge is 0.497 e. The highest BCUT2D eigenvalue weighted by molar-refractivity contribution is 7.17. The number of fused-ring (bicyclic) bond motifs is 1. The third-order valence-corrected chi connectivity index (χ3v) is 5.89. The number of carbonyl (C=O) groups is 3. The Hall–Kier alpha value is -2.87. The van der Waals surface area contributed by atoms with Crippen molar-refractivity contribution in [1.29, 1.82) is 0 Å². The SMILES string of the molecule is COC(=O)NC(=O)c1c(NC(=O)c2ccc(OC)cc2)sc2c1CC[C@@H](C)C2. The predicted molar refractivity (Wildman–Crippen MR) is 106 cm³/mol. The molecule has 0 fully saturated rings. The summed E-state index contributed by atoms with van der Waals surface area (Å²) < 4.78 is 9.63. The molecule has 1 aromatic carbocycles. The van der Waals surface area contributed by atoms with Gasteiger partial charge in [0.2, 0.25) is 0 Å². The van der Waals surface area contributed by atoms with Crippen LogP contribution < -0.4 is 15.4 Å². The van der Waals surface area contributed by atoms with E-state index in [4.69, 9.17) is 4.74 Å². The van der Waals surface area contributed by atoms with Crippen molar-refractivity contribution in [2.24, 2.45) is 5.92 Å². The molecule has 3 amide bonds. The minimum atomic E-state index is -0.832. The predicted octanol–water partition coefficient (Wildman–Crippen LogP) is 3.63. The lowest BCUT2D eigenvalue weighted by molar-refractivity contribution is 0.0937. The first kappa shape index (κ1) is 19.9. The molecule has 1 aliphatic carbocycles. The first-order chi connectivity index (χ1) is 13.4. The zero-order valence-corrected chi connectivity index (χ0v) is 16.8. The van der Waals surface area contributed by atoms with Gasteiger partial charge in [-0.05, 0) is 55.0 Å². The number of nitrogens with one attached hydrogen (secondary N) is 2. The number of imide groups is 1. The maximum Gasteiger partial charge on any atom is 0.413 e. The number of amides is 3. The standard InChI is InChI=1S/C20H22N2O5S/c1-11-4-9-14-15(10-11)28-19(16(14)18(24)22-20(25)27-3)21-17(23)12-5-7-13(26-2)8-6-12/h5-8,11H,4,9-10H2,1-3H3,(H,21,23)(H,22,24,25)/t11-/m1/s1. The molecule has 1 heterocycles. The van der Waals surface area contributed by atoms with Crippen LogP contribution in [0.15, 0.2) is 24.3 Å². The highest BCUT2D eigenvalue weighted by atomic mass is 32.1. The number of hydrogen-bond acceptors (Lipinski definition) is 6. The van der Waals surface area contributed by atoms with E-state index in [0.29, 0.717) is 27.8 Å². The molecule has 0 saturated carbocycles. The van der Waals surface area contributed by atoms with Gasteiger partial charge in [-0.3, -0.25) is 14.9 Å². The highest BCUT2D eigenvalue weighted by Gasteiger charge is 2.29. The van der Waals surface area contributed by atoms with Crippen molar-refractivity contribution in [3.8, 4) is 5.75 Å². The van der Waals surface area contributed by atoms with Crippen molar-refractivity contribution in [2.45, 2.75) is 26.2 Å². The fraction of sp³-hybridized carbons (Fsp3) is 0.350. The van der Waals surface area contributed by atoms with E-state index in [0.717, 1.165) is 29.7 Å². The van der Waals surface area contributed by atoms with Crippen LogP contribution in [0.2, 0.25) is 0 Å². The second-order valence-electron chi connectivity index (χ2n) is 6.68. The summed E-state index contributed by atoms with van der Waals surface area (Å²) in [4.78, 5) is 37.9. The molecule has 1 atom stereocenters. The molecule has 0 unspecified atom stereocenters. The van der Waals surface area contributed by atoms with Crippen LogP contribution in [0.5, 0.6) is 5.75 Å². The van der Waals surface area contributed by atoms with Crippen molar-refractivity contribution < 1.29 is 23.9 Å². The summed E-state index contributed by atoms with van der Waals surface area (Å²) >= 11 is 1.39. The molecule has 1 aliphatic rings. The summed E-state index contributed by atoms with van der Waals surface area (Å²) in [6, 6.07) is 6.69. The molecule has 3 rings (SSSR count). The fourth-order valence-corrected chi connectivity index (χ4v) is 4.61. The van der Waals surface area contributed by atoms with Gasteiger partial charge in [-0.2, -0.15) is 0 Å². The maximum atomic E-state index is 12.7. The third-order valence-electron chi connectivity index (χ3n) is 4.72. The lowest BCUT2D eigenvalue weighted by Crippen LogP contribution is -2.31. The van der Waals surface area contributed by atoms with E-state index in [1.54, 1.807) is 31.4 Å². The minimum Gasteiger partial charge on any atom is -0.497 e. The number of benzene rings is 1. The Morgan fingerprint density at radius 2 is 1.82 bits per heavy atom. The lowest BCUT2D eigenvalue weighted by Gasteiger charge is -2.18. The van der Waals surface area contributed by atoms with Crippen LogP contribution in [-0.4, -0.2) is 32.1 Å². The molecule has 0 radical (unpaired) electrons. The van der Waals surface area contributed by atoms with Crippen molar-refractivity contribution in [2.75, 3.05) is 19.5 Å². The molecule has 7 nitrogen and oxygen atoms in total. The van der Waals surface area contributed by atoms with Gasteiger partial charge in [0, 0.05) is 10.4 Å². The summed E-state index contributed by atoms with van der Waals surface area (Å²) in [7, 11) is 2.75. The number of alkyl carbamates (subject to hydrolysis) is 1. The minimum absolute atomic E-state index is 0.332. The number of anilines is 1. The zero-order valence-electron chi connectivity index (χ0n) is 16.0. The van der Waals surface area contributed by atoms with Gasteiger partial charge in [0.05, 0.1) is 19.8 Å². The summed E-state index contributed by atoms with van der Waals surface area (Å²) in [5.41, 5.74) is 1.69. The van der Waals surface area contributed by atoms with E-state index in [9.17, 15) is 14.4 Å². The average molecular weight is 402 g/mol. The number of ether oxygens (including phenoxy) is 2. The van der Waals surface area contributed by atoms with Gasteiger partial charge in [0.15, 0.2) is 0 Å². The Morgan fingerprint density at radius 3 is 2.46 bits per heavy atom. The van der Waals surface area contributed by atoms with E-state index in [2.05, 4.69) is 22.3 Å². The Balaban J connectivity index is 1.91. The molecule has 0 spiro atoms. The molecule has 0 saturated heterocycles. The van der Waals surface area contributed by atoms with Gasteiger partial charge in [0.1, 0.15) is 10.8 Å². The Kier molecular flexibility index (Phi) is 5.99. The van der Waals surface area contributed by atoms with Gasteiger partial charge in [-0.25, -0.2) is 4.79 Å². The summed E-state index contributed by atoms with van der Waals surface area (Å²) in [6.45, 7) is 2.16. The van der Waals surface area contributed by atoms with Gasteiger partial charge in [0.25, 0.3) is 11.8 Å². The molecule has 2 N–H and O–H groups in total. The monoisotopic (exact) mass is 402 g/mol. The van der Waals surface area contributed by atoms with Crippen molar-refractivity contribution >= 4 is 34.2 Å². The smallest absolute Gasteiger partial charge is 0.413 e. The van der Waals surface area contributed by atoms with Crippen LogP contribution in [0.4, 0.5) is 9.80 Å². The molecular weight excluding hydrogens is 380 g/mol. The Bertz CT molecular complexity index is 904. The topological polar surface area (TPSA) is 93.7 Å². The Labute approximate surface area is 167 Å². The highest BCUT2D eigenvalue weighted by Crippen LogP contribution is 2.39. The van der Waals surface area contributed by atoms with Crippen molar-refractivity contribution in [3.63, 3.8) is 0 Å². The lowest BCUT2D eigenvalue weighted by atomic mass is 9.88. The van der Waals surface area contributed by atoms with Crippen LogP contribution in [0.25, 0.3) is 0 Å². The van der Waals surface area contributed by atoms with E-state index >= 15 is 0 Å². The van der Waals surface area contributed by atoms with Gasteiger partial charge < -0.3 is 14.8 Å². The molecule has 0 bridgehead atoms. The normalized spacial score (nSPS) is 15.3. The summed E-state index contributed by atoms with van der Waals surface area (Å²) in [5, 5.41) is 5.48. The van der Waals surface area contributed by atoms with Crippen LogP contribution in [0, 0.1) is 5.92 Å². The molecular formula is C20H22N2O5S. The van der Waals surface area contributed by atoms with Crippen LogP contribution in [-0.2, 0) is 17.6 Å².